The molecule has 0 spiro atoms. The molecule has 2 aromatic carbocycles. The maximum atomic E-state index is 4.38. The number of hydrogen-bond acceptors (Lipinski definition) is 2. The molecule has 0 bridgehead atoms. The van der Waals surface area contributed by atoms with Gasteiger partial charge in [0.1, 0.15) is 0 Å². The average molecular weight is 300 g/mol. The van der Waals surface area contributed by atoms with Crippen LogP contribution >= 0.6 is 0 Å². The molecule has 3 aromatic rings. The van der Waals surface area contributed by atoms with Crippen LogP contribution in [-0.4, -0.2) is 19.1 Å². The van der Waals surface area contributed by atoms with Gasteiger partial charge in [0.2, 0.25) is 0 Å². The number of para-hydroxylation sites is 1. The van der Waals surface area contributed by atoms with Crippen molar-refractivity contribution in [2.24, 2.45) is 0 Å². The van der Waals surface area contributed by atoms with Crippen LogP contribution in [-0.2, 0) is 0 Å². The minimum Gasteiger partial charge on any atom is -0.378 e. The van der Waals surface area contributed by atoms with Gasteiger partial charge >= 0.3 is 0 Å². The number of rotatable bonds is 4. The van der Waals surface area contributed by atoms with Gasteiger partial charge in [0.25, 0.3) is 0 Å². The number of allylic oxidation sites excluding steroid dienone is 2. The van der Waals surface area contributed by atoms with Gasteiger partial charge in [0.15, 0.2) is 0 Å². The first-order valence-corrected chi connectivity index (χ1v) is 7.70. The standard InChI is InChI=1S/C21H20N2/c1-23(2)19-13-11-17(12-14-19)7-3-4-8-18-15-16-22-21-10-6-5-9-20(18)21/h3-16H,1-2H3/b7-3+,8-4+. The third-order valence-electron chi connectivity index (χ3n) is 3.77. The molecule has 0 unspecified atom stereocenters. The molecule has 0 amide bonds. The van der Waals surface area contributed by atoms with Gasteiger partial charge in [-0.2, -0.15) is 0 Å². The second kappa shape index (κ2) is 6.93. The summed E-state index contributed by atoms with van der Waals surface area (Å²) in [5, 5.41) is 1.18. The van der Waals surface area contributed by atoms with Gasteiger partial charge in [0, 0.05) is 31.4 Å². The van der Waals surface area contributed by atoms with Gasteiger partial charge in [-0.05, 0) is 35.4 Å². The third-order valence-corrected chi connectivity index (χ3v) is 3.77. The Balaban J connectivity index is 1.75. The fourth-order valence-electron chi connectivity index (χ4n) is 2.47. The molecule has 2 nitrogen and oxygen atoms in total. The molecule has 0 aliphatic carbocycles. The van der Waals surface area contributed by atoms with Gasteiger partial charge in [-0.15, -0.1) is 0 Å². The van der Waals surface area contributed by atoms with Gasteiger partial charge in [-0.25, -0.2) is 0 Å². The number of pyridine rings is 1. The lowest BCUT2D eigenvalue weighted by Crippen LogP contribution is -2.07. The van der Waals surface area contributed by atoms with Crippen LogP contribution in [0.5, 0.6) is 0 Å². The molecular formula is C21H20N2. The summed E-state index contributed by atoms with van der Waals surface area (Å²) >= 11 is 0. The van der Waals surface area contributed by atoms with E-state index in [0.29, 0.717) is 0 Å². The monoisotopic (exact) mass is 300 g/mol. The van der Waals surface area contributed by atoms with Crippen LogP contribution < -0.4 is 4.90 Å². The Kier molecular flexibility index (Phi) is 4.53. The van der Waals surface area contributed by atoms with Crippen LogP contribution in [0.3, 0.4) is 0 Å². The fourth-order valence-corrected chi connectivity index (χ4v) is 2.47. The zero-order valence-corrected chi connectivity index (χ0v) is 13.5. The molecule has 0 N–H and O–H groups in total. The SMILES string of the molecule is CN(C)c1ccc(/C=C/C=C/c2ccnc3ccccc23)cc1. The molecule has 1 heterocycles. The summed E-state index contributed by atoms with van der Waals surface area (Å²) < 4.78 is 0. The Morgan fingerprint density at radius 2 is 1.57 bits per heavy atom. The lowest BCUT2D eigenvalue weighted by molar-refractivity contribution is 1.13. The zero-order chi connectivity index (χ0) is 16.1. The van der Waals surface area contributed by atoms with E-state index in [4.69, 9.17) is 0 Å². The predicted octanol–water partition coefficient (Wildman–Crippen LogP) is 5.03. The van der Waals surface area contributed by atoms with E-state index in [0.717, 1.165) is 5.52 Å². The van der Waals surface area contributed by atoms with E-state index in [1.165, 1.54) is 22.2 Å². The Labute approximate surface area is 137 Å². The van der Waals surface area contributed by atoms with Gasteiger partial charge in [-0.1, -0.05) is 54.6 Å². The van der Waals surface area contributed by atoms with E-state index in [1.54, 1.807) is 0 Å². The number of nitrogens with zero attached hydrogens (tertiary/aromatic N) is 2. The maximum Gasteiger partial charge on any atom is 0.0707 e. The molecule has 0 saturated carbocycles. The van der Waals surface area contributed by atoms with E-state index in [-0.39, 0.29) is 0 Å². The number of anilines is 1. The van der Waals surface area contributed by atoms with E-state index >= 15 is 0 Å². The van der Waals surface area contributed by atoms with E-state index in [1.807, 2.05) is 44.6 Å². The largest absolute Gasteiger partial charge is 0.378 e. The molecule has 0 aliphatic heterocycles. The summed E-state index contributed by atoms with van der Waals surface area (Å²) in [5.74, 6) is 0. The molecule has 0 aliphatic rings. The number of fused-ring (bicyclic) bond motifs is 1. The first-order valence-electron chi connectivity index (χ1n) is 7.70. The third kappa shape index (κ3) is 3.67. The molecule has 0 radical (unpaired) electrons. The highest BCUT2D eigenvalue weighted by Crippen LogP contribution is 2.17. The number of aromatic nitrogens is 1. The maximum absolute atomic E-state index is 4.38. The van der Waals surface area contributed by atoms with Gasteiger partial charge in [-0.3, -0.25) is 4.98 Å². The van der Waals surface area contributed by atoms with Crippen molar-refractivity contribution < 1.29 is 0 Å². The van der Waals surface area contributed by atoms with Crippen LogP contribution in [0, 0.1) is 0 Å². The second-order valence-corrected chi connectivity index (χ2v) is 5.62. The summed E-state index contributed by atoms with van der Waals surface area (Å²) in [7, 11) is 4.10. The fraction of sp³-hybridized carbons (Fsp3) is 0.0952. The van der Waals surface area contributed by atoms with Crippen molar-refractivity contribution in [1.29, 1.82) is 0 Å². The topological polar surface area (TPSA) is 16.1 Å². The summed E-state index contributed by atoms with van der Waals surface area (Å²) in [6.45, 7) is 0. The van der Waals surface area contributed by atoms with Crippen molar-refractivity contribution in [3.63, 3.8) is 0 Å². The van der Waals surface area contributed by atoms with Crippen molar-refractivity contribution in [1.82, 2.24) is 4.98 Å². The van der Waals surface area contributed by atoms with E-state index < -0.39 is 0 Å². The number of benzene rings is 2. The molecule has 0 fully saturated rings. The quantitative estimate of drug-likeness (QED) is 0.628. The van der Waals surface area contributed by atoms with Crippen LogP contribution in [0.2, 0.25) is 0 Å². The second-order valence-electron chi connectivity index (χ2n) is 5.62. The highest BCUT2D eigenvalue weighted by atomic mass is 15.1. The van der Waals surface area contributed by atoms with Crippen LogP contribution in [0.15, 0.2) is 72.9 Å². The van der Waals surface area contributed by atoms with Crippen LogP contribution in [0.25, 0.3) is 23.1 Å². The number of hydrogen-bond donors (Lipinski definition) is 0. The predicted molar refractivity (Wildman–Crippen MR) is 101 cm³/mol. The lowest BCUT2D eigenvalue weighted by atomic mass is 10.1. The highest BCUT2D eigenvalue weighted by Gasteiger charge is 1.96. The normalized spacial score (nSPS) is 11.6. The molecule has 23 heavy (non-hydrogen) atoms. The molecule has 0 saturated heterocycles. The molecule has 0 atom stereocenters. The minimum atomic E-state index is 1.03. The van der Waals surface area contributed by atoms with Crippen molar-refractivity contribution >= 4 is 28.7 Å². The van der Waals surface area contributed by atoms with Crippen molar-refractivity contribution in [2.45, 2.75) is 0 Å². The van der Waals surface area contributed by atoms with Crippen molar-refractivity contribution in [3.8, 4) is 0 Å². The highest BCUT2D eigenvalue weighted by molar-refractivity contribution is 5.87. The van der Waals surface area contributed by atoms with E-state index in [2.05, 4.69) is 64.5 Å². The van der Waals surface area contributed by atoms with Crippen molar-refractivity contribution in [2.75, 3.05) is 19.0 Å². The smallest absolute Gasteiger partial charge is 0.0707 e. The zero-order valence-electron chi connectivity index (χ0n) is 13.5. The van der Waals surface area contributed by atoms with Crippen LogP contribution in [0.1, 0.15) is 11.1 Å². The molecule has 2 heteroatoms. The minimum absolute atomic E-state index is 1.03. The molecule has 114 valence electrons. The summed E-state index contributed by atoms with van der Waals surface area (Å²) in [6, 6.07) is 18.7. The Morgan fingerprint density at radius 1 is 0.826 bits per heavy atom. The first kappa shape index (κ1) is 15.0. The van der Waals surface area contributed by atoms with Gasteiger partial charge in [0.05, 0.1) is 5.52 Å². The first-order chi connectivity index (χ1) is 11.2. The van der Waals surface area contributed by atoms with E-state index in [9.17, 15) is 0 Å². The Morgan fingerprint density at radius 3 is 2.35 bits per heavy atom. The Bertz CT molecular complexity index is 838. The molecular weight excluding hydrogens is 280 g/mol. The summed E-state index contributed by atoms with van der Waals surface area (Å²) in [6.07, 6.45) is 10.2. The molecule has 3 rings (SSSR count). The molecule has 1 aromatic heterocycles. The summed E-state index contributed by atoms with van der Waals surface area (Å²) in [4.78, 5) is 6.48. The average Bonchev–Trinajstić information content (AvgIpc) is 2.59. The van der Waals surface area contributed by atoms with Gasteiger partial charge < -0.3 is 4.90 Å². The lowest BCUT2D eigenvalue weighted by Gasteiger charge is -2.11. The van der Waals surface area contributed by atoms with Crippen molar-refractivity contribution in [3.05, 3.63) is 84.1 Å². The van der Waals surface area contributed by atoms with Crippen LogP contribution in [0.4, 0.5) is 5.69 Å². The Hall–Kier alpha value is -2.87. The summed E-state index contributed by atoms with van der Waals surface area (Å²) in [5.41, 5.74) is 4.61.